The minimum Gasteiger partial charge on any atom is -0.508 e. The molecule has 0 atom stereocenters. The van der Waals surface area contributed by atoms with Crippen molar-refractivity contribution >= 4 is 0 Å². The van der Waals surface area contributed by atoms with Crippen LogP contribution < -0.4 is 0 Å². The number of alkyl halides is 2. The number of hydrogen-bond acceptors (Lipinski definition) is 6. The minimum absolute atomic E-state index is 0.179. The zero-order chi connectivity index (χ0) is 19.2. The van der Waals surface area contributed by atoms with Crippen LogP contribution in [0.25, 0.3) is 0 Å². The van der Waals surface area contributed by atoms with Crippen molar-refractivity contribution in [1.82, 2.24) is 0 Å². The Hall–Kier alpha value is -2.26. The van der Waals surface area contributed by atoms with Crippen LogP contribution >= 0.6 is 0 Å². The van der Waals surface area contributed by atoms with Gasteiger partial charge in [-0.05, 0) is 34.9 Å². The molecule has 0 spiro atoms. The molecule has 0 saturated carbocycles. The maximum atomic E-state index is 9.62. The summed E-state index contributed by atoms with van der Waals surface area (Å²) in [5.41, 5.74) is 1.14. The van der Waals surface area contributed by atoms with Crippen molar-refractivity contribution in [2.45, 2.75) is 26.4 Å². The molecule has 2 aromatic carbocycles. The Morgan fingerprint density at radius 3 is 1.48 bits per heavy atom. The zero-order valence-corrected chi connectivity index (χ0v) is 13.4. The van der Waals surface area contributed by atoms with Crippen LogP contribution in [0.5, 0.6) is 11.5 Å². The van der Waals surface area contributed by atoms with Crippen LogP contribution in [-0.2, 0) is 26.4 Å². The van der Waals surface area contributed by atoms with Crippen LogP contribution in [0.1, 0.15) is 22.3 Å². The van der Waals surface area contributed by atoms with E-state index in [1.54, 1.807) is 24.3 Å². The molecule has 0 radical (unpaired) electrons. The van der Waals surface area contributed by atoms with E-state index in [1.807, 2.05) is 6.07 Å². The van der Waals surface area contributed by atoms with Crippen molar-refractivity contribution in [1.29, 1.82) is 0 Å². The minimum atomic E-state index is -1.75. The van der Waals surface area contributed by atoms with Crippen LogP contribution in [0.3, 0.4) is 0 Å². The van der Waals surface area contributed by atoms with E-state index < -0.39 is 20.1 Å². The van der Waals surface area contributed by atoms with Crippen molar-refractivity contribution in [3.63, 3.8) is 0 Å². The van der Waals surface area contributed by atoms with Gasteiger partial charge in [0.1, 0.15) is 11.5 Å². The van der Waals surface area contributed by atoms with Crippen LogP contribution in [0.15, 0.2) is 36.4 Å². The standard InChI is InChI=1S/C10H14O5.C6H6O.CH2F2/c11-2-6-1-10(15)9(5-14)8(4-13)7(6)3-12;7-6-4-2-1-3-5-6;2-1-3/h1,11-15H,2-5H2;1-5,7H;1H2. The van der Waals surface area contributed by atoms with Crippen LogP contribution in [0.4, 0.5) is 8.78 Å². The second kappa shape index (κ2) is 13.1. The molecule has 8 heteroatoms. The first-order chi connectivity index (χ1) is 12.0. The van der Waals surface area contributed by atoms with Crippen LogP contribution in [0.2, 0.25) is 0 Å². The molecule has 0 aliphatic rings. The molecule has 0 unspecified atom stereocenters. The third-order valence-corrected chi connectivity index (χ3v) is 3.14. The monoisotopic (exact) mass is 360 g/mol. The Kier molecular flexibility index (Phi) is 11.9. The van der Waals surface area contributed by atoms with Gasteiger partial charge in [-0.25, -0.2) is 8.78 Å². The first kappa shape index (κ1) is 22.7. The van der Waals surface area contributed by atoms with E-state index in [0.29, 0.717) is 16.9 Å². The number of halogens is 2. The number of phenolic OH excluding ortho intramolecular Hbond substituents is 1. The predicted molar refractivity (Wildman–Crippen MR) is 87.0 cm³/mol. The van der Waals surface area contributed by atoms with E-state index in [0.717, 1.165) is 0 Å². The van der Waals surface area contributed by atoms with E-state index in [1.165, 1.54) is 6.07 Å². The molecule has 6 nitrogen and oxygen atoms in total. The number of rotatable bonds is 4. The molecule has 0 aliphatic heterocycles. The van der Waals surface area contributed by atoms with E-state index in [9.17, 15) is 13.9 Å². The largest absolute Gasteiger partial charge is 0.508 e. The maximum absolute atomic E-state index is 9.62. The number of phenols is 2. The normalized spacial score (nSPS) is 9.52. The second-order valence-corrected chi connectivity index (χ2v) is 4.56. The molecule has 0 aromatic heterocycles. The summed E-state index contributed by atoms with van der Waals surface area (Å²) in [5, 5.41) is 54.3. The number of hydrogen-bond donors (Lipinski definition) is 6. The molecule has 0 heterocycles. The average Bonchev–Trinajstić information content (AvgIpc) is 2.62. The highest BCUT2D eigenvalue weighted by atomic mass is 19.3. The second-order valence-electron chi connectivity index (χ2n) is 4.56. The highest BCUT2D eigenvalue weighted by Gasteiger charge is 2.15. The van der Waals surface area contributed by atoms with E-state index in [4.69, 9.17) is 25.5 Å². The Bertz CT molecular complexity index is 608. The quantitative estimate of drug-likeness (QED) is 0.493. The van der Waals surface area contributed by atoms with Gasteiger partial charge in [0.15, 0.2) is 0 Å². The lowest BCUT2D eigenvalue weighted by atomic mass is 9.96. The summed E-state index contributed by atoms with van der Waals surface area (Å²) in [6, 6.07) is 9.99. The van der Waals surface area contributed by atoms with E-state index in [2.05, 4.69) is 0 Å². The van der Waals surface area contributed by atoms with E-state index >= 15 is 0 Å². The summed E-state index contributed by atoms with van der Waals surface area (Å²) in [5.74, 6) is 0.130. The van der Waals surface area contributed by atoms with Crippen molar-refractivity contribution in [2.75, 3.05) is 6.93 Å². The highest BCUT2D eigenvalue weighted by Crippen LogP contribution is 2.28. The molecule has 0 fully saturated rings. The molecule has 0 bridgehead atoms. The summed E-state index contributed by atoms with van der Waals surface area (Å²) >= 11 is 0. The molecule has 6 N–H and O–H groups in total. The molecule has 0 amide bonds. The number of benzene rings is 2. The van der Waals surface area contributed by atoms with Gasteiger partial charge in [-0.3, -0.25) is 0 Å². The van der Waals surface area contributed by atoms with Crippen LogP contribution in [0, 0.1) is 0 Å². The summed E-state index contributed by atoms with van der Waals surface area (Å²) in [6.07, 6.45) is 0. The molecule has 140 valence electrons. The van der Waals surface area contributed by atoms with Gasteiger partial charge in [0.25, 0.3) is 0 Å². The lowest BCUT2D eigenvalue weighted by Crippen LogP contribution is -2.05. The Balaban J connectivity index is 0.000000475. The van der Waals surface area contributed by atoms with Gasteiger partial charge in [0.05, 0.1) is 26.4 Å². The fraction of sp³-hybridized carbons (Fsp3) is 0.294. The van der Waals surface area contributed by atoms with E-state index in [-0.39, 0.29) is 30.1 Å². The van der Waals surface area contributed by atoms with Gasteiger partial charge in [-0.2, -0.15) is 0 Å². The average molecular weight is 360 g/mol. The third kappa shape index (κ3) is 7.44. The summed E-state index contributed by atoms with van der Waals surface area (Å²) in [6.45, 7) is -3.30. The number of aliphatic hydroxyl groups is 4. The summed E-state index contributed by atoms with van der Waals surface area (Å²) < 4.78 is 19.2. The molecule has 0 saturated heterocycles. The van der Waals surface area contributed by atoms with Crippen molar-refractivity contribution in [3.8, 4) is 11.5 Å². The molecule has 0 aliphatic carbocycles. The Morgan fingerprint density at radius 1 is 0.680 bits per heavy atom. The SMILES string of the molecule is FCF.OCc1cc(O)c(CO)c(CO)c1CO.Oc1ccccc1. The Labute approximate surface area is 143 Å². The predicted octanol–water partition coefficient (Wildman–Crippen LogP) is 1.64. The van der Waals surface area contributed by atoms with Gasteiger partial charge in [-0.1, -0.05) is 18.2 Å². The van der Waals surface area contributed by atoms with Crippen molar-refractivity contribution in [3.05, 3.63) is 58.7 Å². The smallest absolute Gasteiger partial charge is 0.229 e. The Morgan fingerprint density at radius 2 is 1.16 bits per heavy atom. The number of para-hydroxylation sites is 1. The molecule has 2 rings (SSSR count). The van der Waals surface area contributed by atoms with Gasteiger partial charge in [0.2, 0.25) is 6.93 Å². The molecule has 25 heavy (non-hydrogen) atoms. The van der Waals surface area contributed by atoms with Gasteiger partial charge >= 0.3 is 0 Å². The van der Waals surface area contributed by atoms with Crippen molar-refractivity contribution in [2.24, 2.45) is 0 Å². The molecular weight excluding hydrogens is 338 g/mol. The fourth-order valence-corrected chi connectivity index (χ4v) is 2.00. The number of aromatic hydroxyl groups is 2. The lowest BCUT2D eigenvalue weighted by molar-refractivity contribution is 0.236. The number of aliphatic hydroxyl groups excluding tert-OH is 4. The van der Waals surface area contributed by atoms with Gasteiger partial charge in [-0.15, -0.1) is 0 Å². The van der Waals surface area contributed by atoms with Gasteiger partial charge in [0, 0.05) is 5.56 Å². The lowest BCUT2D eigenvalue weighted by Gasteiger charge is -2.15. The fourth-order valence-electron chi connectivity index (χ4n) is 2.00. The first-order valence-electron chi connectivity index (χ1n) is 7.15. The topological polar surface area (TPSA) is 121 Å². The zero-order valence-electron chi connectivity index (χ0n) is 13.4. The third-order valence-electron chi connectivity index (χ3n) is 3.14. The van der Waals surface area contributed by atoms with Crippen molar-refractivity contribution < 1.29 is 39.4 Å². The molecule has 2 aromatic rings. The summed E-state index contributed by atoms with van der Waals surface area (Å²) in [7, 11) is 0. The highest BCUT2D eigenvalue weighted by molar-refractivity contribution is 5.48. The summed E-state index contributed by atoms with van der Waals surface area (Å²) in [4.78, 5) is 0. The maximum Gasteiger partial charge on any atom is 0.229 e. The first-order valence-corrected chi connectivity index (χ1v) is 7.15. The molecular formula is C17H22F2O6. The van der Waals surface area contributed by atoms with Gasteiger partial charge < -0.3 is 30.6 Å². The van der Waals surface area contributed by atoms with Crippen LogP contribution in [-0.4, -0.2) is 37.6 Å².